The van der Waals surface area contributed by atoms with Crippen LogP contribution >= 0.6 is 11.6 Å². The minimum Gasteiger partial charge on any atom is -0.438 e. The maximum absolute atomic E-state index is 12.8. The van der Waals surface area contributed by atoms with Gasteiger partial charge in [0.05, 0.1) is 24.3 Å². The van der Waals surface area contributed by atoms with E-state index in [4.69, 9.17) is 16.0 Å². The molecule has 5 heterocycles. The third-order valence-corrected chi connectivity index (χ3v) is 6.80. The molecule has 162 valence electrons. The number of nitrogens with one attached hydrogen (secondary N) is 1. The number of anilines is 3. The number of hydrogen-bond acceptors (Lipinski definition) is 8. The highest BCUT2D eigenvalue weighted by molar-refractivity contribution is 6.32. The van der Waals surface area contributed by atoms with Crippen molar-refractivity contribution >= 4 is 35.0 Å². The molecule has 0 bridgehead atoms. The van der Waals surface area contributed by atoms with Crippen LogP contribution in [-0.2, 0) is 7.05 Å². The maximum Gasteiger partial charge on any atom is 0.291 e. The first-order chi connectivity index (χ1) is 14.8. The number of nitrogens with zero attached hydrogens (tertiary/aromatic N) is 7. The summed E-state index contributed by atoms with van der Waals surface area (Å²) in [5, 5.41) is 7.81. The van der Waals surface area contributed by atoms with Crippen LogP contribution in [0.15, 0.2) is 35.6 Å². The minimum atomic E-state index is -0.121. The van der Waals surface area contributed by atoms with Crippen LogP contribution in [-0.4, -0.2) is 61.7 Å². The van der Waals surface area contributed by atoms with Crippen LogP contribution in [0, 0.1) is 10.8 Å². The number of halogens is 1. The van der Waals surface area contributed by atoms with Gasteiger partial charge in [-0.2, -0.15) is 10.1 Å². The topological polar surface area (TPSA) is 105 Å². The van der Waals surface area contributed by atoms with E-state index in [0.29, 0.717) is 29.9 Å². The molecule has 2 aliphatic heterocycles. The molecule has 1 N–H and O–H groups in total. The summed E-state index contributed by atoms with van der Waals surface area (Å²) < 4.78 is 6.91. The number of hydrogen-bond donors (Lipinski definition) is 1. The van der Waals surface area contributed by atoms with Gasteiger partial charge in [-0.15, -0.1) is 0 Å². The lowest BCUT2D eigenvalue weighted by molar-refractivity contribution is 0.0739. The summed E-state index contributed by atoms with van der Waals surface area (Å²) in [4.78, 5) is 29.6. The smallest absolute Gasteiger partial charge is 0.291 e. The molecule has 3 aromatic rings. The number of rotatable bonds is 4. The van der Waals surface area contributed by atoms with Gasteiger partial charge in [-0.05, 0) is 0 Å². The third kappa shape index (κ3) is 3.31. The van der Waals surface area contributed by atoms with Gasteiger partial charge >= 0.3 is 0 Å². The third-order valence-electron chi connectivity index (χ3n) is 6.53. The molecular weight excluding hydrogens is 420 g/mol. The van der Waals surface area contributed by atoms with E-state index < -0.39 is 0 Å². The molecule has 2 aliphatic rings. The van der Waals surface area contributed by atoms with E-state index in [1.165, 1.54) is 12.6 Å². The quantitative estimate of drug-likeness (QED) is 0.657. The molecular formula is C20H23ClN8O2. The molecule has 5 rings (SSSR count). The van der Waals surface area contributed by atoms with Crippen LogP contribution in [0.25, 0.3) is 0 Å². The molecule has 2 saturated heterocycles. The van der Waals surface area contributed by atoms with Crippen LogP contribution in [0.1, 0.15) is 24.4 Å². The van der Waals surface area contributed by atoms with E-state index in [2.05, 4.69) is 44.1 Å². The van der Waals surface area contributed by atoms with E-state index >= 15 is 0 Å². The first-order valence-corrected chi connectivity index (χ1v) is 10.4. The van der Waals surface area contributed by atoms with Gasteiger partial charge in [0.2, 0.25) is 11.7 Å². The molecule has 0 aliphatic carbocycles. The summed E-state index contributed by atoms with van der Waals surface area (Å²) in [5.74, 6) is 1.30. The number of aromatic nitrogens is 5. The zero-order valence-corrected chi connectivity index (χ0v) is 18.3. The monoisotopic (exact) mass is 442 g/mol. The molecule has 0 spiro atoms. The Morgan fingerprint density at radius 2 is 1.90 bits per heavy atom. The number of likely N-dealkylation sites (tertiary alicyclic amines) is 1. The van der Waals surface area contributed by atoms with Crippen LogP contribution in [0.3, 0.4) is 0 Å². The fourth-order valence-corrected chi connectivity index (χ4v) is 4.90. The molecule has 0 aromatic carbocycles. The van der Waals surface area contributed by atoms with Gasteiger partial charge in [0.25, 0.3) is 5.91 Å². The Balaban J connectivity index is 1.36. The van der Waals surface area contributed by atoms with E-state index in [-0.39, 0.29) is 22.5 Å². The van der Waals surface area contributed by atoms with Gasteiger partial charge in [0.15, 0.2) is 12.2 Å². The van der Waals surface area contributed by atoms with Crippen molar-refractivity contribution in [3.63, 3.8) is 0 Å². The number of carbonyl (C=O) groups is 1. The standard InChI is InChI=1S/C20H23ClN8O2/c1-19-8-28(9-20(19,2)11-29(10-19)17(30)15-6-22-12-31-15)16-14(21)5-23-18(26-16)25-13-4-24-27(3)7-13/h4-7,12H,8-11H2,1-3H3,(H,23,25,26)/t19-,20+. The molecule has 31 heavy (non-hydrogen) atoms. The Morgan fingerprint density at radius 3 is 2.52 bits per heavy atom. The van der Waals surface area contributed by atoms with Gasteiger partial charge in [-0.3, -0.25) is 9.48 Å². The molecule has 3 aromatic heterocycles. The lowest BCUT2D eigenvalue weighted by Crippen LogP contribution is -2.36. The molecule has 0 unspecified atom stereocenters. The molecule has 10 nitrogen and oxygen atoms in total. The zero-order valence-electron chi connectivity index (χ0n) is 17.5. The van der Waals surface area contributed by atoms with E-state index in [1.54, 1.807) is 17.1 Å². The second-order valence-electron chi connectivity index (χ2n) is 8.90. The Hall–Kier alpha value is -3.14. The fraction of sp³-hybridized carbons (Fsp3) is 0.450. The number of fused-ring (bicyclic) bond motifs is 1. The van der Waals surface area contributed by atoms with Crippen LogP contribution in [0.4, 0.5) is 17.5 Å². The number of aryl methyl sites for hydroxylation is 1. The summed E-state index contributed by atoms with van der Waals surface area (Å²) in [7, 11) is 1.85. The molecule has 1 amide bonds. The summed E-state index contributed by atoms with van der Waals surface area (Å²) in [6.07, 6.45) is 7.91. The van der Waals surface area contributed by atoms with Gasteiger partial charge in [0, 0.05) is 50.3 Å². The van der Waals surface area contributed by atoms with Crippen LogP contribution in [0.5, 0.6) is 0 Å². The van der Waals surface area contributed by atoms with E-state index in [0.717, 1.165) is 18.8 Å². The normalized spacial score (nSPS) is 25.2. The highest BCUT2D eigenvalue weighted by Gasteiger charge is 2.59. The second-order valence-corrected chi connectivity index (χ2v) is 9.30. The highest BCUT2D eigenvalue weighted by atomic mass is 35.5. The van der Waals surface area contributed by atoms with Gasteiger partial charge in [-0.25, -0.2) is 9.97 Å². The van der Waals surface area contributed by atoms with Crippen molar-refractivity contribution in [2.75, 3.05) is 36.4 Å². The summed E-state index contributed by atoms with van der Waals surface area (Å²) in [6, 6.07) is 0. The maximum atomic E-state index is 12.8. The number of amides is 1. The summed E-state index contributed by atoms with van der Waals surface area (Å²) in [6.45, 7) is 7.14. The molecule has 11 heteroatoms. The predicted molar refractivity (Wildman–Crippen MR) is 114 cm³/mol. The first kappa shape index (κ1) is 19.8. The molecule has 0 saturated carbocycles. The average molecular weight is 443 g/mol. The number of carbonyl (C=O) groups excluding carboxylic acids is 1. The van der Waals surface area contributed by atoms with Crippen molar-refractivity contribution in [2.24, 2.45) is 17.9 Å². The molecule has 2 atom stereocenters. The van der Waals surface area contributed by atoms with Gasteiger partial charge in [-0.1, -0.05) is 25.4 Å². The Kier molecular flexibility index (Phi) is 4.44. The van der Waals surface area contributed by atoms with Crippen LogP contribution in [0.2, 0.25) is 5.02 Å². The molecule has 0 radical (unpaired) electrons. The van der Waals surface area contributed by atoms with Crippen molar-refractivity contribution in [3.8, 4) is 0 Å². The second kappa shape index (κ2) is 6.94. The van der Waals surface area contributed by atoms with E-state index in [9.17, 15) is 4.79 Å². The van der Waals surface area contributed by atoms with Gasteiger partial charge < -0.3 is 19.5 Å². The van der Waals surface area contributed by atoms with E-state index in [1.807, 2.05) is 18.1 Å². The first-order valence-electron chi connectivity index (χ1n) is 9.97. The zero-order chi connectivity index (χ0) is 21.8. The van der Waals surface area contributed by atoms with Gasteiger partial charge in [0.1, 0.15) is 5.02 Å². The van der Waals surface area contributed by atoms with Crippen molar-refractivity contribution < 1.29 is 9.21 Å². The van der Waals surface area contributed by atoms with Crippen molar-refractivity contribution in [1.29, 1.82) is 0 Å². The molecule has 2 fully saturated rings. The fourth-order valence-electron chi connectivity index (χ4n) is 4.69. The Morgan fingerprint density at radius 1 is 1.16 bits per heavy atom. The number of oxazole rings is 1. The Labute approximate surface area is 184 Å². The average Bonchev–Trinajstić information content (AvgIpc) is 3.47. The Bertz CT molecular complexity index is 1110. The van der Waals surface area contributed by atoms with Crippen molar-refractivity contribution in [2.45, 2.75) is 13.8 Å². The van der Waals surface area contributed by atoms with Crippen LogP contribution < -0.4 is 10.2 Å². The largest absolute Gasteiger partial charge is 0.438 e. The lowest BCUT2D eigenvalue weighted by atomic mass is 9.71. The highest BCUT2D eigenvalue weighted by Crippen LogP contribution is 2.53. The lowest BCUT2D eigenvalue weighted by Gasteiger charge is -2.29. The minimum absolute atomic E-state index is 0.117. The van der Waals surface area contributed by atoms with Crippen molar-refractivity contribution in [3.05, 3.63) is 42.0 Å². The summed E-state index contributed by atoms with van der Waals surface area (Å²) in [5.41, 5.74) is 0.566. The predicted octanol–water partition coefficient (Wildman–Crippen LogP) is 2.58. The SMILES string of the molecule is Cn1cc(Nc2ncc(Cl)c(N3C[C@]4(C)CN(C(=O)c5cnco5)C[C@]4(C)C3)n2)cn1. The summed E-state index contributed by atoms with van der Waals surface area (Å²) >= 11 is 6.48. The van der Waals surface area contributed by atoms with Crippen molar-refractivity contribution in [1.82, 2.24) is 29.6 Å².